The van der Waals surface area contributed by atoms with Gasteiger partial charge in [0.05, 0.1) is 11.3 Å². The maximum atomic E-state index is 12.9. The number of halogens is 2. The quantitative estimate of drug-likeness (QED) is 0.892. The number of rotatable bonds is 2. The number of benzene rings is 1. The molecule has 1 amide bonds. The lowest BCUT2D eigenvalue weighted by molar-refractivity contribution is 0.102. The van der Waals surface area contributed by atoms with Gasteiger partial charge < -0.3 is 11.1 Å². The molecule has 0 spiro atoms. The van der Waals surface area contributed by atoms with Crippen LogP contribution in [-0.2, 0) is 0 Å². The summed E-state index contributed by atoms with van der Waals surface area (Å²) in [6.45, 7) is 1.79. The van der Waals surface area contributed by atoms with E-state index < -0.39 is 5.91 Å². The van der Waals surface area contributed by atoms with Crippen LogP contribution in [0.4, 0.5) is 15.8 Å². The van der Waals surface area contributed by atoms with E-state index in [1.807, 2.05) is 0 Å². The van der Waals surface area contributed by atoms with Gasteiger partial charge in [0.1, 0.15) is 5.82 Å². The van der Waals surface area contributed by atoms with Crippen molar-refractivity contribution < 1.29 is 9.18 Å². The van der Waals surface area contributed by atoms with Crippen LogP contribution in [0.25, 0.3) is 0 Å². The molecule has 0 atom stereocenters. The van der Waals surface area contributed by atoms with E-state index in [-0.39, 0.29) is 11.4 Å². The van der Waals surface area contributed by atoms with E-state index in [1.165, 1.54) is 24.4 Å². The van der Waals surface area contributed by atoms with Crippen LogP contribution in [-0.4, -0.2) is 10.9 Å². The molecular formula is C13H11BrFN3O. The summed E-state index contributed by atoms with van der Waals surface area (Å²) in [5.74, 6) is -0.779. The van der Waals surface area contributed by atoms with Gasteiger partial charge in [0.15, 0.2) is 0 Å². The van der Waals surface area contributed by atoms with Crippen molar-refractivity contribution in [2.45, 2.75) is 6.92 Å². The minimum atomic E-state index is -0.391. The van der Waals surface area contributed by atoms with Crippen LogP contribution in [0.2, 0.25) is 0 Å². The zero-order valence-electron chi connectivity index (χ0n) is 10.1. The molecule has 0 unspecified atom stereocenters. The van der Waals surface area contributed by atoms with E-state index in [4.69, 9.17) is 5.73 Å². The summed E-state index contributed by atoms with van der Waals surface area (Å²) < 4.78 is 13.4. The fourth-order valence-electron chi connectivity index (χ4n) is 1.55. The van der Waals surface area contributed by atoms with Crippen molar-refractivity contribution in [3.8, 4) is 0 Å². The molecule has 0 saturated carbocycles. The third kappa shape index (κ3) is 3.08. The molecule has 0 aliphatic rings. The average Bonchev–Trinajstić information content (AvgIpc) is 2.32. The summed E-state index contributed by atoms with van der Waals surface area (Å²) in [5, 5.41) is 2.64. The topological polar surface area (TPSA) is 68.0 Å². The molecule has 1 aromatic carbocycles. The highest BCUT2D eigenvalue weighted by Gasteiger charge is 2.12. The third-order valence-corrected chi connectivity index (χ3v) is 3.15. The van der Waals surface area contributed by atoms with Crippen LogP contribution in [0.15, 0.2) is 34.9 Å². The van der Waals surface area contributed by atoms with Crippen molar-refractivity contribution >= 4 is 33.2 Å². The Morgan fingerprint density at radius 2 is 2.16 bits per heavy atom. The summed E-state index contributed by atoms with van der Waals surface area (Å²) >= 11 is 3.18. The molecule has 1 heterocycles. The Kier molecular flexibility index (Phi) is 3.80. The SMILES string of the molecule is Cc1cc(N)c(C(=O)Nc2ccc(F)cc2Br)cn1. The van der Waals surface area contributed by atoms with Gasteiger partial charge in [-0.1, -0.05) is 0 Å². The molecular weight excluding hydrogens is 313 g/mol. The zero-order valence-corrected chi connectivity index (χ0v) is 11.7. The summed E-state index contributed by atoms with van der Waals surface area (Å²) in [6.07, 6.45) is 1.41. The molecule has 6 heteroatoms. The number of amides is 1. The molecule has 0 fully saturated rings. The molecule has 0 aliphatic heterocycles. The van der Waals surface area contributed by atoms with Crippen LogP contribution in [0, 0.1) is 12.7 Å². The first kappa shape index (κ1) is 13.5. The maximum Gasteiger partial charge on any atom is 0.259 e. The van der Waals surface area contributed by atoms with Crippen molar-refractivity contribution in [1.82, 2.24) is 4.98 Å². The Hall–Kier alpha value is -1.95. The van der Waals surface area contributed by atoms with Crippen molar-refractivity contribution in [3.05, 3.63) is 52.0 Å². The number of anilines is 2. The molecule has 0 saturated heterocycles. The Bertz CT molecular complexity index is 646. The van der Waals surface area contributed by atoms with E-state index >= 15 is 0 Å². The summed E-state index contributed by atoms with van der Waals surface area (Å²) in [7, 11) is 0. The van der Waals surface area contributed by atoms with Gasteiger partial charge in [-0.3, -0.25) is 9.78 Å². The number of nitrogens with two attached hydrogens (primary N) is 1. The second-order valence-corrected chi connectivity index (χ2v) is 4.85. The van der Waals surface area contributed by atoms with Crippen LogP contribution in [0.3, 0.4) is 0 Å². The van der Waals surface area contributed by atoms with Gasteiger partial charge in [0.25, 0.3) is 5.91 Å². The Morgan fingerprint density at radius 1 is 1.42 bits per heavy atom. The minimum Gasteiger partial charge on any atom is -0.398 e. The number of carbonyl (C=O) groups excluding carboxylic acids is 1. The van der Waals surface area contributed by atoms with Gasteiger partial charge in [0.2, 0.25) is 0 Å². The molecule has 1 aromatic heterocycles. The Balaban J connectivity index is 2.25. The van der Waals surface area contributed by atoms with Gasteiger partial charge >= 0.3 is 0 Å². The van der Waals surface area contributed by atoms with Crippen molar-refractivity contribution in [3.63, 3.8) is 0 Å². The average molecular weight is 324 g/mol. The Labute approximate surface area is 118 Å². The monoisotopic (exact) mass is 323 g/mol. The van der Waals surface area contributed by atoms with E-state index in [0.717, 1.165) is 5.69 Å². The van der Waals surface area contributed by atoms with E-state index in [2.05, 4.69) is 26.2 Å². The summed E-state index contributed by atoms with van der Waals surface area (Å²) in [5.41, 5.74) is 7.59. The number of nitrogens with one attached hydrogen (secondary N) is 1. The van der Waals surface area contributed by atoms with Gasteiger partial charge in [-0.25, -0.2) is 4.39 Å². The lowest BCUT2D eigenvalue weighted by atomic mass is 10.2. The van der Waals surface area contributed by atoms with Gasteiger partial charge in [-0.15, -0.1) is 0 Å². The number of nitrogen functional groups attached to an aromatic ring is 1. The molecule has 0 aliphatic carbocycles. The fourth-order valence-corrected chi connectivity index (χ4v) is 2.00. The van der Waals surface area contributed by atoms with E-state index in [1.54, 1.807) is 13.0 Å². The number of hydrogen-bond acceptors (Lipinski definition) is 3. The number of nitrogens with zero attached hydrogens (tertiary/aromatic N) is 1. The first-order valence-electron chi connectivity index (χ1n) is 5.46. The lowest BCUT2D eigenvalue weighted by Gasteiger charge is -2.09. The number of aromatic nitrogens is 1. The largest absolute Gasteiger partial charge is 0.398 e. The first-order valence-corrected chi connectivity index (χ1v) is 6.25. The van der Waals surface area contributed by atoms with Crippen molar-refractivity contribution in [1.29, 1.82) is 0 Å². The first-order chi connectivity index (χ1) is 8.97. The molecule has 2 aromatic rings. The maximum absolute atomic E-state index is 12.9. The predicted molar refractivity (Wildman–Crippen MR) is 75.4 cm³/mol. The summed E-state index contributed by atoms with van der Waals surface area (Å²) in [6, 6.07) is 5.62. The normalized spacial score (nSPS) is 10.3. The van der Waals surface area contributed by atoms with Crippen molar-refractivity contribution in [2.75, 3.05) is 11.1 Å². The smallest absolute Gasteiger partial charge is 0.259 e. The fraction of sp³-hybridized carbons (Fsp3) is 0.0769. The van der Waals surface area contributed by atoms with Crippen LogP contribution < -0.4 is 11.1 Å². The van der Waals surface area contributed by atoms with Gasteiger partial charge in [-0.05, 0) is 47.1 Å². The molecule has 2 rings (SSSR count). The summed E-state index contributed by atoms with van der Waals surface area (Å²) in [4.78, 5) is 16.1. The number of pyridine rings is 1. The zero-order chi connectivity index (χ0) is 14.0. The third-order valence-electron chi connectivity index (χ3n) is 2.50. The van der Waals surface area contributed by atoms with E-state index in [9.17, 15) is 9.18 Å². The second kappa shape index (κ2) is 5.36. The molecule has 0 bridgehead atoms. The highest BCUT2D eigenvalue weighted by atomic mass is 79.9. The van der Waals surface area contributed by atoms with Crippen LogP contribution in [0.1, 0.15) is 16.1 Å². The molecule has 98 valence electrons. The van der Waals surface area contributed by atoms with Gasteiger partial charge in [-0.2, -0.15) is 0 Å². The highest BCUT2D eigenvalue weighted by molar-refractivity contribution is 9.10. The Morgan fingerprint density at radius 3 is 2.79 bits per heavy atom. The second-order valence-electron chi connectivity index (χ2n) is 3.99. The van der Waals surface area contributed by atoms with Crippen LogP contribution >= 0.6 is 15.9 Å². The molecule has 4 nitrogen and oxygen atoms in total. The molecule has 19 heavy (non-hydrogen) atoms. The number of aryl methyl sites for hydroxylation is 1. The van der Waals surface area contributed by atoms with Crippen LogP contribution in [0.5, 0.6) is 0 Å². The number of hydrogen-bond donors (Lipinski definition) is 2. The molecule has 0 radical (unpaired) electrons. The predicted octanol–water partition coefficient (Wildman–Crippen LogP) is 3.13. The molecule has 3 N–H and O–H groups in total. The minimum absolute atomic E-state index is 0.279. The van der Waals surface area contributed by atoms with Crippen molar-refractivity contribution in [2.24, 2.45) is 0 Å². The highest BCUT2D eigenvalue weighted by Crippen LogP contribution is 2.24. The standard InChI is InChI=1S/C13H11BrFN3O/c1-7-4-11(16)9(6-17-7)13(19)18-12-3-2-8(15)5-10(12)14/h2-6H,1H3,(H2,16,17)(H,18,19). The number of carbonyl (C=O) groups is 1. The lowest BCUT2D eigenvalue weighted by Crippen LogP contribution is -2.15. The van der Waals surface area contributed by atoms with E-state index in [0.29, 0.717) is 15.8 Å². The van der Waals surface area contributed by atoms with Gasteiger partial charge in [0, 0.05) is 22.1 Å².